The van der Waals surface area contributed by atoms with E-state index in [0.29, 0.717) is 11.5 Å². The molecule has 6 nitrogen and oxygen atoms in total. The van der Waals surface area contributed by atoms with E-state index in [1.165, 1.54) is 0 Å². The fourth-order valence-electron chi connectivity index (χ4n) is 2.48. The van der Waals surface area contributed by atoms with Gasteiger partial charge in [0, 0.05) is 17.2 Å². The number of carbonyl (C=O) groups excluding carboxylic acids is 1. The first-order valence-corrected chi connectivity index (χ1v) is 8.47. The molecule has 2 aromatic heterocycles. The highest BCUT2D eigenvalue weighted by Crippen LogP contribution is 2.23. The topological polar surface area (TPSA) is 99.0 Å². The second-order valence-electron chi connectivity index (χ2n) is 5.41. The molecule has 0 amide bonds. The van der Waals surface area contributed by atoms with Gasteiger partial charge in [-0.2, -0.15) is 0 Å². The number of aromatic amines is 1. The lowest BCUT2D eigenvalue weighted by Crippen LogP contribution is -2.23. The van der Waals surface area contributed by atoms with E-state index in [9.17, 15) is 22.9 Å². The summed E-state index contributed by atoms with van der Waals surface area (Å²) >= 11 is -1.92. The Morgan fingerprint density at radius 1 is 1.36 bits per heavy atom. The molecular formula is C16H12F2N2O4S. The highest BCUT2D eigenvalue weighted by Gasteiger charge is 2.28. The molecule has 0 saturated carbocycles. The number of hydrogen-bond donors (Lipinski definition) is 1. The van der Waals surface area contributed by atoms with Gasteiger partial charge < -0.3 is 14.1 Å². The number of pyridine rings is 1. The number of halogens is 2. The van der Waals surface area contributed by atoms with Gasteiger partial charge in [0.25, 0.3) is 0 Å². The predicted molar refractivity (Wildman–Crippen MR) is 85.8 cm³/mol. The maximum atomic E-state index is 14.0. The van der Waals surface area contributed by atoms with Crippen molar-refractivity contribution in [3.05, 3.63) is 57.1 Å². The normalized spacial score (nSPS) is 12.5. The monoisotopic (exact) mass is 366 g/mol. The highest BCUT2D eigenvalue weighted by atomic mass is 32.2. The first kappa shape index (κ1) is 17.3. The fourth-order valence-corrected chi connectivity index (χ4v) is 3.71. The van der Waals surface area contributed by atoms with E-state index in [4.69, 9.17) is 4.52 Å². The average Bonchev–Trinajstić information content (AvgIpc) is 2.94. The molecule has 1 atom stereocenters. The summed E-state index contributed by atoms with van der Waals surface area (Å²) in [5.74, 6) is -2.22. The Bertz CT molecular complexity index is 1040. The molecule has 0 radical (unpaired) electrons. The van der Waals surface area contributed by atoms with E-state index in [1.54, 1.807) is 13.0 Å². The van der Waals surface area contributed by atoms with Gasteiger partial charge in [0.15, 0.2) is 11.5 Å². The molecule has 3 rings (SSSR count). The van der Waals surface area contributed by atoms with Crippen molar-refractivity contribution in [1.82, 2.24) is 10.1 Å². The SMILES string of the molecule is CC(=O)c1c([S+]([O-])Cc2cc(C)on2)[nH]c2c(F)ccc(F)c2c1=O. The summed E-state index contributed by atoms with van der Waals surface area (Å²) in [7, 11) is 0. The van der Waals surface area contributed by atoms with Crippen LogP contribution in [0.25, 0.3) is 10.9 Å². The number of fused-ring (bicyclic) bond motifs is 1. The Kier molecular flexibility index (Phi) is 4.44. The number of aromatic nitrogens is 2. The van der Waals surface area contributed by atoms with Gasteiger partial charge in [-0.1, -0.05) is 5.16 Å². The zero-order valence-electron chi connectivity index (χ0n) is 13.2. The summed E-state index contributed by atoms with van der Waals surface area (Å²) in [4.78, 5) is 26.9. The van der Waals surface area contributed by atoms with Gasteiger partial charge in [-0.3, -0.25) is 9.59 Å². The summed E-state index contributed by atoms with van der Waals surface area (Å²) < 4.78 is 45.5. The van der Waals surface area contributed by atoms with Crippen LogP contribution in [0, 0.1) is 18.6 Å². The molecule has 3 aromatic rings. The summed E-state index contributed by atoms with van der Waals surface area (Å²) in [6.45, 7) is 2.74. The van der Waals surface area contributed by atoms with Crippen molar-refractivity contribution in [3.8, 4) is 0 Å². The Labute approximate surface area is 143 Å². The molecule has 0 bridgehead atoms. The maximum Gasteiger partial charge on any atom is 0.238 e. The molecule has 0 aliphatic rings. The molecule has 0 aliphatic heterocycles. The number of hydrogen-bond acceptors (Lipinski definition) is 5. The summed E-state index contributed by atoms with van der Waals surface area (Å²) in [6.07, 6.45) is 0. The van der Waals surface area contributed by atoms with Crippen LogP contribution in [0.15, 0.2) is 32.5 Å². The second kappa shape index (κ2) is 6.41. The van der Waals surface area contributed by atoms with Crippen LogP contribution in [0.3, 0.4) is 0 Å². The molecule has 0 spiro atoms. The third-order valence-electron chi connectivity index (χ3n) is 3.56. The Morgan fingerprint density at radius 2 is 2.04 bits per heavy atom. The largest absolute Gasteiger partial charge is 0.610 e. The molecule has 1 aromatic carbocycles. The average molecular weight is 366 g/mol. The Hall–Kier alpha value is -2.52. The van der Waals surface area contributed by atoms with Crippen molar-refractivity contribution in [2.75, 3.05) is 0 Å². The minimum absolute atomic E-state index is 0.157. The number of rotatable bonds is 4. The van der Waals surface area contributed by atoms with Gasteiger partial charge in [0.05, 0.1) is 10.9 Å². The van der Waals surface area contributed by atoms with Gasteiger partial charge in [0.1, 0.15) is 28.7 Å². The number of nitrogens with one attached hydrogen (secondary N) is 1. The van der Waals surface area contributed by atoms with Gasteiger partial charge >= 0.3 is 0 Å². The quantitative estimate of drug-likeness (QED) is 0.565. The lowest BCUT2D eigenvalue weighted by molar-refractivity contribution is 0.101. The number of Topliss-reactive ketones (excluding diaryl/α,β-unsaturated/α-hetero) is 1. The van der Waals surface area contributed by atoms with Crippen LogP contribution < -0.4 is 5.43 Å². The lowest BCUT2D eigenvalue weighted by atomic mass is 10.1. The van der Waals surface area contributed by atoms with Crippen molar-refractivity contribution < 1.29 is 22.7 Å². The first-order valence-electron chi connectivity index (χ1n) is 7.15. The van der Waals surface area contributed by atoms with Crippen LogP contribution in [0.4, 0.5) is 8.78 Å². The molecule has 130 valence electrons. The lowest BCUT2D eigenvalue weighted by Gasteiger charge is -2.13. The van der Waals surface area contributed by atoms with Gasteiger partial charge in [-0.25, -0.2) is 8.78 Å². The van der Waals surface area contributed by atoms with Crippen LogP contribution in [0.2, 0.25) is 0 Å². The van der Waals surface area contributed by atoms with E-state index in [2.05, 4.69) is 10.1 Å². The van der Waals surface area contributed by atoms with Crippen LogP contribution >= 0.6 is 0 Å². The van der Waals surface area contributed by atoms with Gasteiger partial charge in [0.2, 0.25) is 10.5 Å². The molecule has 0 fully saturated rings. The molecule has 1 unspecified atom stereocenters. The van der Waals surface area contributed by atoms with Crippen molar-refractivity contribution in [1.29, 1.82) is 0 Å². The number of H-pyrrole nitrogens is 1. The molecule has 0 saturated heterocycles. The molecule has 1 N–H and O–H groups in total. The second-order valence-corrected chi connectivity index (χ2v) is 6.80. The fraction of sp³-hybridized carbons (Fsp3) is 0.188. The summed E-state index contributed by atoms with van der Waals surface area (Å²) in [5.41, 5.74) is -1.56. The van der Waals surface area contributed by atoms with E-state index in [-0.39, 0.29) is 10.8 Å². The zero-order chi connectivity index (χ0) is 18.3. The number of nitrogens with zero attached hydrogens (tertiary/aromatic N) is 1. The van der Waals surface area contributed by atoms with Crippen LogP contribution in [0.1, 0.15) is 28.7 Å². The maximum absolute atomic E-state index is 14.0. The van der Waals surface area contributed by atoms with Crippen molar-refractivity contribution in [3.63, 3.8) is 0 Å². The summed E-state index contributed by atoms with van der Waals surface area (Å²) in [5, 5.41) is 2.84. The molecular weight excluding hydrogens is 354 g/mol. The number of ketones is 1. The standard InChI is InChI=1S/C16H12F2N2O4S/c1-7-5-9(20-24-7)6-25(23)16-12(8(2)21)15(22)13-10(17)3-4-11(18)14(13)19-16/h3-5H,6H2,1-2H3,(H,19,22). The van der Waals surface area contributed by atoms with Gasteiger partial charge in [-0.15, -0.1) is 0 Å². The molecule has 25 heavy (non-hydrogen) atoms. The summed E-state index contributed by atoms with van der Waals surface area (Å²) in [6, 6.07) is 3.19. The van der Waals surface area contributed by atoms with Crippen LogP contribution in [-0.2, 0) is 16.9 Å². The Morgan fingerprint density at radius 3 is 2.64 bits per heavy atom. The van der Waals surface area contributed by atoms with Crippen LogP contribution in [0.5, 0.6) is 0 Å². The zero-order valence-corrected chi connectivity index (χ0v) is 14.0. The third kappa shape index (κ3) is 3.08. The number of aryl methyl sites for hydroxylation is 1. The van der Waals surface area contributed by atoms with E-state index < -0.39 is 50.5 Å². The molecule has 9 heteroatoms. The highest BCUT2D eigenvalue weighted by molar-refractivity contribution is 7.90. The van der Waals surface area contributed by atoms with Crippen molar-refractivity contribution >= 4 is 27.9 Å². The van der Waals surface area contributed by atoms with Gasteiger partial charge in [-0.05, 0) is 26.0 Å². The number of carbonyl (C=O) groups is 1. The molecule has 0 aliphatic carbocycles. The Balaban J connectivity index is 2.22. The van der Waals surface area contributed by atoms with E-state index in [1.807, 2.05) is 0 Å². The van der Waals surface area contributed by atoms with Crippen LogP contribution in [-0.4, -0.2) is 20.5 Å². The minimum Gasteiger partial charge on any atom is -0.610 e. The van der Waals surface area contributed by atoms with E-state index >= 15 is 0 Å². The smallest absolute Gasteiger partial charge is 0.238 e. The molecule has 2 heterocycles. The third-order valence-corrected chi connectivity index (χ3v) is 4.88. The van der Waals surface area contributed by atoms with E-state index in [0.717, 1.165) is 19.1 Å². The number of benzene rings is 1. The van der Waals surface area contributed by atoms with Crippen molar-refractivity contribution in [2.45, 2.75) is 24.6 Å². The minimum atomic E-state index is -1.92. The van der Waals surface area contributed by atoms with Crippen molar-refractivity contribution in [2.24, 2.45) is 0 Å². The predicted octanol–water partition coefficient (Wildman–Crippen LogP) is 2.61. The first-order chi connectivity index (χ1) is 11.8.